The molecule has 1 aliphatic carbocycles. The van der Waals surface area contributed by atoms with E-state index >= 15 is 0 Å². The van der Waals surface area contributed by atoms with Gasteiger partial charge in [0, 0.05) is 25.6 Å². The molecule has 0 aromatic rings. The molecule has 1 amide bonds. The number of carbonyl (C=O) groups is 1. The molecule has 0 aromatic carbocycles. The van der Waals surface area contributed by atoms with Crippen LogP contribution in [-0.4, -0.2) is 51.0 Å². The minimum Gasteiger partial charge on any atom is -0.378 e. The number of amides is 1. The quantitative estimate of drug-likeness (QED) is 0.713. The van der Waals surface area contributed by atoms with Gasteiger partial charge in [0.1, 0.15) is 0 Å². The van der Waals surface area contributed by atoms with Crippen molar-refractivity contribution in [2.45, 2.75) is 44.2 Å². The molecule has 1 saturated heterocycles. The topological polar surface area (TPSA) is 59.6 Å². The molecule has 0 spiro atoms. The summed E-state index contributed by atoms with van der Waals surface area (Å²) >= 11 is 0. The van der Waals surface area contributed by atoms with E-state index in [0.717, 1.165) is 13.2 Å². The number of ether oxygens (including phenoxy) is 2. The van der Waals surface area contributed by atoms with Gasteiger partial charge in [-0.15, -0.1) is 12.4 Å². The Morgan fingerprint density at radius 1 is 1.37 bits per heavy atom. The molecule has 1 saturated carbocycles. The van der Waals surface area contributed by atoms with E-state index in [1.165, 1.54) is 25.7 Å². The fourth-order valence-electron chi connectivity index (χ4n) is 2.52. The lowest BCUT2D eigenvalue weighted by Crippen LogP contribution is -2.44. The molecule has 2 N–H and O–H groups in total. The molecule has 1 atom stereocenters. The van der Waals surface area contributed by atoms with Gasteiger partial charge in [0.05, 0.1) is 25.9 Å². The Kier molecular flexibility index (Phi) is 8.37. The van der Waals surface area contributed by atoms with Gasteiger partial charge < -0.3 is 20.1 Å². The van der Waals surface area contributed by atoms with Crippen molar-refractivity contribution >= 4 is 18.3 Å². The van der Waals surface area contributed by atoms with E-state index < -0.39 is 0 Å². The molecule has 0 bridgehead atoms. The van der Waals surface area contributed by atoms with Gasteiger partial charge >= 0.3 is 0 Å². The van der Waals surface area contributed by atoms with Crippen LogP contribution >= 0.6 is 12.4 Å². The van der Waals surface area contributed by atoms with Crippen LogP contribution in [0.15, 0.2) is 0 Å². The zero-order valence-electron chi connectivity index (χ0n) is 11.4. The van der Waals surface area contributed by atoms with Gasteiger partial charge in [-0.05, 0) is 12.8 Å². The lowest BCUT2D eigenvalue weighted by Gasteiger charge is -2.23. The van der Waals surface area contributed by atoms with Gasteiger partial charge in [0.2, 0.25) is 5.91 Å². The maximum absolute atomic E-state index is 11.6. The van der Waals surface area contributed by atoms with Gasteiger partial charge in [0.15, 0.2) is 0 Å². The Labute approximate surface area is 121 Å². The van der Waals surface area contributed by atoms with Crippen LogP contribution in [0.25, 0.3) is 0 Å². The highest BCUT2D eigenvalue weighted by atomic mass is 35.5. The highest BCUT2D eigenvalue weighted by Crippen LogP contribution is 2.20. The highest BCUT2D eigenvalue weighted by Gasteiger charge is 2.17. The summed E-state index contributed by atoms with van der Waals surface area (Å²) in [6.07, 6.45) is 5.84. The zero-order valence-corrected chi connectivity index (χ0v) is 12.2. The second-order valence-corrected chi connectivity index (χ2v) is 5.06. The first-order chi connectivity index (χ1) is 8.84. The molecule has 2 fully saturated rings. The van der Waals surface area contributed by atoms with Crippen LogP contribution < -0.4 is 10.6 Å². The average Bonchev–Trinajstić information content (AvgIpc) is 2.89. The molecule has 6 heteroatoms. The van der Waals surface area contributed by atoms with Gasteiger partial charge in [-0.25, -0.2) is 0 Å². The minimum atomic E-state index is 0. The molecule has 2 rings (SSSR count). The maximum Gasteiger partial charge on any atom is 0.221 e. The van der Waals surface area contributed by atoms with Gasteiger partial charge in [-0.3, -0.25) is 4.79 Å². The molecule has 1 aliphatic heterocycles. The fraction of sp³-hybridized carbons (Fsp3) is 0.923. The summed E-state index contributed by atoms with van der Waals surface area (Å²) in [5.74, 6) is 0.0769. The van der Waals surface area contributed by atoms with E-state index in [1.807, 2.05) is 0 Å². The molecule has 19 heavy (non-hydrogen) atoms. The number of carbonyl (C=O) groups excluding carboxylic acids is 1. The Bertz CT molecular complexity index is 254. The van der Waals surface area contributed by atoms with Crippen LogP contribution in [0.5, 0.6) is 0 Å². The van der Waals surface area contributed by atoms with Gasteiger partial charge in [-0.1, -0.05) is 12.8 Å². The van der Waals surface area contributed by atoms with Crippen molar-refractivity contribution in [3.8, 4) is 0 Å². The summed E-state index contributed by atoms with van der Waals surface area (Å²) in [5, 5.41) is 6.16. The van der Waals surface area contributed by atoms with Crippen molar-refractivity contribution in [2.75, 3.05) is 32.9 Å². The molecule has 1 unspecified atom stereocenters. The van der Waals surface area contributed by atoms with Crippen LogP contribution in [0.2, 0.25) is 0 Å². The van der Waals surface area contributed by atoms with E-state index in [0.29, 0.717) is 32.3 Å². The van der Waals surface area contributed by atoms with Crippen molar-refractivity contribution in [1.29, 1.82) is 0 Å². The van der Waals surface area contributed by atoms with E-state index in [1.54, 1.807) is 0 Å². The molecule has 2 aliphatic rings. The molecule has 0 aromatic heterocycles. The lowest BCUT2D eigenvalue weighted by atomic mass is 10.2. The third kappa shape index (κ3) is 6.56. The van der Waals surface area contributed by atoms with Crippen LogP contribution in [0.4, 0.5) is 0 Å². The van der Waals surface area contributed by atoms with Crippen molar-refractivity contribution in [3.63, 3.8) is 0 Å². The monoisotopic (exact) mass is 292 g/mol. The van der Waals surface area contributed by atoms with Crippen LogP contribution in [0.1, 0.15) is 32.1 Å². The average molecular weight is 293 g/mol. The third-order valence-corrected chi connectivity index (χ3v) is 3.51. The summed E-state index contributed by atoms with van der Waals surface area (Å²) in [6, 6.07) is 0.162. The largest absolute Gasteiger partial charge is 0.378 e. The molecule has 5 nitrogen and oxygen atoms in total. The number of hydrogen-bond acceptors (Lipinski definition) is 4. The van der Waals surface area contributed by atoms with Crippen molar-refractivity contribution in [1.82, 2.24) is 10.6 Å². The predicted octanol–water partition coefficient (Wildman–Crippen LogP) is 0.862. The van der Waals surface area contributed by atoms with Crippen molar-refractivity contribution < 1.29 is 14.3 Å². The first-order valence-corrected chi connectivity index (χ1v) is 7.04. The summed E-state index contributed by atoms with van der Waals surface area (Å²) < 4.78 is 11.0. The van der Waals surface area contributed by atoms with Gasteiger partial charge in [0.25, 0.3) is 0 Å². The molecular weight excluding hydrogens is 268 g/mol. The smallest absolute Gasteiger partial charge is 0.221 e. The zero-order chi connectivity index (χ0) is 12.6. The third-order valence-electron chi connectivity index (χ3n) is 3.51. The second kappa shape index (κ2) is 9.53. The van der Waals surface area contributed by atoms with E-state index in [9.17, 15) is 4.79 Å². The van der Waals surface area contributed by atoms with Gasteiger partial charge in [-0.2, -0.15) is 0 Å². The first kappa shape index (κ1) is 16.7. The summed E-state index contributed by atoms with van der Waals surface area (Å²) in [6.45, 7) is 3.45. The number of halogens is 1. The van der Waals surface area contributed by atoms with Crippen LogP contribution in [0, 0.1) is 0 Å². The summed E-state index contributed by atoms with van der Waals surface area (Å²) in [4.78, 5) is 11.6. The Morgan fingerprint density at radius 3 is 2.84 bits per heavy atom. The SMILES string of the molecule is Cl.O=C(CC1COCCN1)NCCOC1CCCC1. The number of hydrogen-bond donors (Lipinski definition) is 2. The van der Waals surface area contributed by atoms with Crippen LogP contribution in [-0.2, 0) is 14.3 Å². The highest BCUT2D eigenvalue weighted by molar-refractivity contribution is 5.85. The normalized spacial score (nSPS) is 23.9. The minimum absolute atomic E-state index is 0. The molecule has 112 valence electrons. The first-order valence-electron chi connectivity index (χ1n) is 7.04. The summed E-state index contributed by atoms with van der Waals surface area (Å²) in [7, 11) is 0. The summed E-state index contributed by atoms with van der Waals surface area (Å²) in [5.41, 5.74) is 0. The Balaban J connectivity index is 0.00000180. The van der Waals surface area contributed by atoms with E-state index in [2.05, 4.69) is 10.6 Å². The lowest BCUT2D eigenvalue weighted by molar-refractivity contribution is -0.122. The Hall–Kier alpha value is -0.360. The molecule has 1 heterocycles. The number of nitrogens with one attached hydrogen (secondary N) is 2. The number of morpholine rings is 1. The molecule has 0 radical (unpaired) electrons. The van der Waals surface area contributed by atoms with E-state index in [-0.39, 0.29) is 24.4 Å². The maximum atomic E-state index is 11.6. The number of rotatable bonds is 6. The van der Waals surface area contributed by atoms with Crippen molar-refractivity contribution in [3.05, 3.63) is 0 Å². The fourth-order valence-corrected chi connectivity index (χ4v) is 2.52. The van der Waals surface area contributed by atoms with E-state index in [4.69, 9.17) is 9.47 Å². The van der Waals surface area contributed by atoms with Crippen LogP contribution in [0.3, 0.4) is 0 Å². The van der Waals surface area contributed by atoms with Crippen molar-refractivity contribution in [2.24, 2.45) is 0 Å². The molecular formula is C13H25ClN2O3. The Morgan fingerprint density at radius 2 is 2.16 bits per heavy atom. The second-order valence-electron chi connectivity index (χ2n) is 5.06. The predicted molar refractivity (Wildman–Crippen MR) is 75.7 cm³/mol. The standard InChI is InChI=1S/C13H24N2O3.ClH/c16-13(9-11-10-17-7-5-14-11)15-6-8-18-12-3-1-2-4-12;/h11-12,14H,1-10H2,(H,15,16);1H.